The molecule has 0 aliphatic carbocycles. The minimum Gasteiger partial charge on any atom is -0.329 e. The molecule has 2 heterocycles. The van der Waals surface area contributed by atoms with Crippen molar-refractivity contribution >= 4 is 23.4 Å². The van der Waals surface area contributed by atoms with Crippen molar-refractivity contribution < 1.29 is 0 Å². The lowest BCUT2D eigenvalue weighted by atomic mass is 9.88. The molecular weight excluding hydrogens is 230 g/mol. The molecule has 0 saturated carbocycles. The van der Waals surface area contributed by atoms with Crippen LogP contribution < -0.4 is 0 Å². The van der Waals surface area contributed by atoms with Gasteiger partial charge in [-0.1, -0.05) is 20.8 Å². The summed E-state index contributed by atoms with van der Waals surface area (Å²) in [6.07, 6.45) is 1.84. The molecule has 1 unspecified atom stereocenters. The molecule has 0 saturated heterocycles. The van der Waals surface area contributed by atoms with Gasteiger partial charge in [-0.15, -0.1) is 0 Å². The first-order valence-corrected chi connectivity index (χ1v) is 6.29. The Kier molecular flexibility index (Phi) is 2.86. The third-order valence-electron chi connectivity index (χ3n) is 3.46. The van der Waals surface area contributed by atoms with Crippen molar-refractivity contribution in [2.24, 2.45) is 5.41 Å². The Morgan fingerprint density at radius 3 is 2.65 bits per heavy atom. The van der Waals surface area contributed by atoms with E-state index in [1.807, 2.05) is 12.3 Å². The number of pyridine rings is 1. The summed E-state index contributed by atoms with van der Waals surface area (Å²) in [7, 11) is 0. The Morgan fingerprint density at radius 2 is 2.06 bits per heavy atom. The minimum atomic E-state index is 0.152. The Hall–Kier alpha value is -1.16. The van der Waals surface area contributed by atoms with Crippen LogP contribution in [0.1, 0.15) is 39.3 Å². The fraction of sp³-hybridized carbons (Fsp3) is 0.538. The number of hydrogen-bond donors (Lipinski definition) is 1. The predicted molar refractivity (Wildman–Crippen MR) is 73.8 cm³/mol. The maximum atomic E-state index is 5.43. The zero-order valence-electron chi connectivity index (χ0n) is 11.0. The number of aromatic amines is 1. The fourth-order valence-electron chi connectivity index (χ4n) is 1.89. The fourth-order valence-corrected chi connectivity index (χ4v) is 2.24. The second-order valence-corrected chi connectivity index (χ2v) is 6.06. The maximum absolute atomic E-state index is 5.43. The molecule has 2 aromatic heterocycles. The van der Waals surface area contributed by atoms with Crippen LogP contribution in [0, 0.1) is 17.1 Å². The smallest absolute Gasteiger partial charge is 0.179 e. The molecule has 0 bridgehead atoms. The van der Waals surface area contributed by atoms with Gasteiger partial charge in [0.25, 0.3) is 0 Å². The Labute approximate surface area is 107 Å². The first-order chi connectivity index (χ1) is 7.82. The molecule has 2 rings (SSSR count). The standard InChI is InChI=1S/C13H19N3S/c1-8-6-7-14-11-10(8)15-12(17)16(11)9(2)13(3,4)5/h6-7,9H,1-5H3,(H,15,17). The van der Waals surface area contributed by atoms with Gasteiger partial charge in [-0.2, -0.15) is 0 Å². The molecule has 92 valence electrons. The Bertz CT molecular complexity index is 601. The molecule has 1 atom stereocenters. The van der Waals surface area contributed by atoms with Crippen molar-refractivity contribution in [2.45, 2.75) is 40.7 Å². The van der Waals surface area contributed by atoms with Crippen molar-refractivity contribution in [3.8, 4) is 0 Å². The lowest BCUT2D eigenvalue weighted by molar-refractivity contribution is 0.265. The molecule has 0 aliphatic rings. The van der Waals surface area contributed by atoms with E-state index in [0.29, 0.717) is 6.04 Å². The van der Waals surface area contributed by atoms with Crippen LogP contribution in [-0.2, 0) is 0 Å². The van der Waals surface area contributed by atoms with Gasteiger partial charge in [0.1, 0.15) is 0 Å². The van der Waals surface area contributed by atoms with Crippen LogP contribution in [0.4, 0.5) is 0 Å². The summed E-state index contributed by atoms with van der Waals surface area (Å²) in [5, 5.41) is 0. The highest BCUT2D eigenvalue weighted by Crippen LogP contribution is 2.32. The zero-order chi connectivity index (χ0) is 12.8. The molecule has 0 amide bonds. The van der Waals surface area contributed by atoms with Crippen LogP contribution >= 0.6 is 12.2 Å². The van der Waals surface area contributed by atoms with Gasteiger partial charge in [0.05, 0.1) is 5.52 Å². The third kappa shape index (κ3) is 2.02. The SMILES string of the molecule is Cc1ccnc2c1[nH]c(=S)n2C(C)C(C)(C)C. The highest BCUT2D eigenvalue weighted by Gasteiger charge is 2.24. The number of hydrogen-bond acceptors (Lipinski definition) is 2. The van der Waals surface area contributed by atoms with Gasteiger partial charge >= 0.3 is 0 Å². The number of aryl methyl sites for hydroxylation is 1. The molecule has 2 aromatic rings. The van der Waals surface area contributed by atoms with E-state index in [9.17, 15) is 0 Å². The summed E-state index contributed by atoms with van der Waals surface area (Å²) in [5.74, 6) is 0. The van der Waals surface area contributed by atoms with Crippen molar-refractivity contribution in [2.75, 3.05) is 0 Å². The van der Waals surface area contributed by atoms with Crippen molar-refractivity contribution in [1.29, 1.82) is 0 Å². The number of H-pyrrole nitrogens is 1. The van der Waals surface area contributed by atoms with E-state index in [4.69, 9.17) is 12.2 Å². The predicted octanol–water partition coefficient (Wildman–Crippen LogP) is 4.01. The van der Waals surface area contributed by atoms with E-state index < -0.39 is 0 Å². The van der Waals surface area contributed by atoms with Gasteiger partial charge in [-0.3, -0.25) is 4.57 Å². The van der Waals surface area contributed by atoms with Crippen LogP contribution in [0.3, 0.4) is 0 Å². The summed E-state index contributed by atoms with van der Waals surface area (Å²) in [6, 6.07) is 2.30. The topological polar surface area (TPSA) is 33.6 Å². The van der Waals surface area contributed by atoms with Crippen molar-refractivity contribution in [3.63, 3.8) is 0 Å². The first kappa shape index (κ1) is 12.3. The van der Waals surface area contributed by atoms with Gasteiger partial charge < -0.3 is 4.98 Å². The number of aromatic nitrogens is 3. The number of fused-ring (bicyclic) bond motifs is 1. The highest BCUT2D eigenvalue weighted by molar-refractivity contribution is 7.71. The molecule has 0 radical (unpaired) electrons. The lowest BCUT2D eigenvalue weighted by Crippen LogP contribution is -2.21. The number of imidazole rings is 1. The Balaban J connectivity index is 2.75. The second-order valence-electron chi connectivity index (χ2n) is 5.67. The average molecular weight is 249 g/mol. The normalized spacial score (nSPS) is 14.2. The molecule has 0 fully saturated rings. The van der Waals surface area contributed by atoms with Gasteiger partial charge in [-0.25, -0.2) is 4.98 Å². The largest absolute Gasteiger partial charge is 0.329 e. The molecule has 0 spiro atoms. The second kappa shape index (κ2) is 3.95. The quantitative estimate of drug-likeness (QED) is 0.775. The van der Waals surface area contributed by atoms with Crippen LogP contribution in [0.25, 0.3) is 11.2 Å². The van der Waals surface area contributed by atoms with E-state index >= 15 is 0 Å². The number of nitrogens with zero attached hydrogens (tertiary/aromatic N) is 2. The van der Waals surface area contributed by atoms with Gasteiger partial charge in [0.2, 0.25) is 0 Å². The molecule has 4 heteroatoms. The summed E-state index contributed by atoms with van der Waals surface area (Å²) in [4.78, 5) is 7.73. The summed E-state index contributed by atoms with van der Waals surface area (Å²) in [5.41, 5.74) is 3.34. The first-order valence-electron chi connectivity index (χ1n) is 5.88. The monoisotopic (exact) mass is 249 g/mol. The summed E-state index contributed by atoms with van der Waals surface area (Å²) >= 11 is 5.43. The van der Waals surface area contributed by atoms with E-state index in [0.717, 1.165) is 15.9 Å². The van der Waals surface area contributed by atoms with Crippen molar-refractivity contribution in [3.05, 3.63) is 22.6 Å². The summed E-state index contributed by atoms with van der Waals surface area (Å²) in [6.45, 7) is 10.9. The van der Waals surface area contributed by atoms with Gasteiger partial charge in [0, 0.05) is 12.2 Å². The van der Waals surface area contributed by atoms with Crippen LogP contribution in [0.5, 0.6) is 0 Å². The van der Waals surface area contributed by atoms with E-state index in [-0.39, 0.29) is 5.41 Å². The van der Waals surface area contributed by atoms with Crippen LogP contribution in [0.15, 0.2) is 12.3 Å². The van der Waals surface area contributed by atoms with E-state index in [1.165, 1.54) is 5.56 Å². The molecule has 0 aliphatic heterocycles. The zero-order valence-corrected chi connectivity index (χ0v) is 11.9. The molecular formula is C13H19N3S. The third-order valence-corrected chi connectivity index (χ3v) is 3.76. The molecule has 0 aromatic carbocycles. The average Bonchev–Trinajstić information content (AvgIpc) is 2.54. The Morgan fingerprint density at radius 1 is 1.41 bits per heavy atom. The lowest BCUT2D eigenvalue weighted by Gasteiger charge is -2.28. The summed E-state index contributed by atoms with van der Waals surface area (Å²) < 4.78 is 2.88. The van der Waals surface area contributed by atoms with E-state index in [1.54, 1.807) is 0 Å². The van der Waals surface area contributed by atoms with E-state index in [2.05, 4.69) is 49.2 Å². The molecule has 3 nitrogen and oxygen atoms in total. The molecule has 1 N–H and O–H groups in total. The van der Waals surface area contributed by atoms with Crippen LogP contribution in [-0.4, -0.2) is 14.5 Å². The number of rotatable bonds is 1. The van der Waals surface area contributed by atoms with Crippen molar-refractivity contribution in [1.82, 2.24) is 14.5 Å². The highest BCUT2D eigenvalue weighted by atomic mass is 32.1. The van der Waals surface area contributed by atoms with Gasteiger partial charge in [0.15, 0.2) is 10.4 Å². The number of nitrogens with one attached hydrogen (secondary N) is 1. The molecule has 17 heavy (non-hydrogen) atoms. The van der Waals surface area contributed by atoms with Crippen LogP contribution in [0.2, 0.25) is 0 Å². The maximum Gasteiger partial charge on any atom is 0.179 e. The van der Waals surface area contributed by atoms with Gasteiger partial charge in [-0.05, 0) is 43.1 Å². The minimum absolute atomic E-state index is 0.152.